The molecule has 6 nitrogen and oxygen atoms in total. The van der Waals surface area contributed by atoms with Crippen LogP contribution in [0.1, 0.15) is 6.92 Å². The van der Waals surface area contributed by atoms with Gasteiger partial charge in [0.05, 0.1) is 0 Å². The van der Waals surface area contributed by atoms with E-state index in [4.69, 9.17) is 4.74 Å². The summed E-state index contributed by atoms with van der Waals surface area (Å²) in [6, 6.07) is 12.1. The van der Waals surface area contributed by atoms with Gasteiger partial charge in [-0.1, -0.05) is 0 Å². The number of hydrogen-bond acceptors (Lipinski definition) is 4. The van der Waals surface area contributed by atoms with Crippen molar-refractivity contribution in [1.29, 1.82) is 0 Å². The Morgan fingerprint density at radius 2 is 1.44 bits per heavy atom. The van der Waals surface area contributed by atoms with Crippen molar-refractivity contribution in [3.63, 3.8) is 0 Å². The molecule has 0 aromatic heterocycles. The predicted octanol–water partition coefficient (Wildman–Crippen LogP) is 3.26. The van der Waals surface area contributed by atoms with Crippen LogP contribution in [0.15, 0.2) is 48.5 Å². The summed E-state index contributed by atoms with van der Waals surface area (Å²) in [5, 5.41) is 5.18. The summed E-state index contributed by atoms with van der Waals surface area (Å²) < 4.78 is 33.6. The Morgan fingerprint density at radius 1 is 0.920 bits per heavy atom. The fourth-order valence-corrected chi connectivity index (χ4v) is 1.90. The molecule has 2 rings (SSSR count). The summed E-state index contributed by atoms with van der Waals surface area (Å²) in [5.41, 5.74) is 1.05. The second kappa shape index (κ2) is 8.62. The van der Waals surface area contributed by atoms with Crippen molar-refractivity contribution in [3.05, 3.63) is 48.5 Å². The van der Waals surface area contributed by atoms with Crippen molar-refractivity contribution in [2.45, 2.75) is 13.5 Å². The zero-order valence-corrected chi connectivity index (χ0v) is 13.3. The topological polar surface area (TPSA) is 76.7 Å². The van der Waals surface area contributed by atoms with Crippen LogP contribution in [0.5, 0.6) is 11.5 Å². The van der Waals surface area contributed by atoms with E-state index in [1.54, 1.807) is 24.3 Å². The SMILES string of the molecule is CC(=O)Nc1ccc(OCC(=O)Nc2ccc(OC(F)F)cc2)cc1. The maximum Gasteiger partial charge on any atom is 0.387 e. The number of benzene rings is 2. The Morgan fingerprint density at radius 3 is 1.96 bits per heavy atom. The van der Waals surface area contributed by atoms with E-state index in [0.717, 1.165) is 0 Å². The average Bonchev–Trinajstić information content (AvgIpc) is 2.55. The van der Waals surface area contributed by atoms with Crippen molar-refractivity contribution in [1.82, 2.24) is 0 Å². The summed E-state index contributed by atoms with van der Waals surface area (Å²) in [6.45, 7) is -1.72. The van der Waals surface area contributed by atoms with Crippen molar-refractivity contribution in [2.75, 3.05) is 17.2 Å². The molecule has 0 spiro atoms. The van der Waals surface area contributed by atoms with E-state index in [1.807, 2.05) is 0 Å². The van der Waals surface area contributed by atoms with E-state index in [1.165, 1.54) is 31.2 Å². The zero-order chi connectivity index (χ0) is 18.2. The van der Waals surface area contributed by atoms with Crippen LogP contribution in [0.4, 0.5) is 20.2 Å². The van der Waals surface area contributed by atoms with Gasteiger partial charge in [-0.05, 0) is 48.5 Å². The quantitative estimate of drug-likeness (QED) is 0.804. The van der Waals surface area contributed by atoms with Crippen molar-refractivity contribution in [3.8, 4) is 11.5 Å². The van der Waals surface area contributed by atoms with Crippen LogP contribution in [0.25, 0.3) is 0 Å². The average molecular weight is 350 g/mol. The maximum absolute atomic E-state index is 12.1. The fraction of sp³-hybridized carbons (Fsp3) is 0.176. The molecule has 0 atom stereocenters. The molecule has 2 aromatic rings. The number of ether oxygens (including phenoxy) is 2. The van der Waals surface area contributed by atoms with Gasteiger partial charge in [-0.3, -0.25) is 9.59 Å². The third-order valence-corrected chi connectivity index (χ3v) is 2.91. The molecule has 0 fully saturated rings. The summed E-state index contributed by atoms with van der Waals surface area (Å²) >= 11 is 0. The minimum Gasteiger partial charge on any atom is -0.484 e. The highest BCUT2D eigenvalue weighted by Gasteiger charge is 2.06. The molecule has 0 radical (unpaired) electrons. The molecular weight excluding hydrogens is 334 g/mol. The van der Waals surface area contributed by atoms with Crippen LogP contribution in [0.2, 0.25) is 0 Å². The normalized spacial score (nSPS) is 10.2. The Labute approximate surface area is 142 Å². The van der Waals surface area contributed by atoms with Crippen LogP contribution in [-0.4, -0.2) is 25.0 Å². The third-order valence-electron chi connectivity index (χ3n) is 2.91. The molecule has 0 aliphatic rings. The number of anilines is 2. The predicted molar refractivity (Wildman–Crippen MR) is 87.9 cm³/mol. The van der Waals surface area contributed by atoms with Gasteiger partial charge in [-0.15, -0.1) is 0 Å². The van der Waals surface area contributed by atoms with Gasteiger partial charge in [0, 0.05) is 18.3 Å². The number of hydrogen-bond donors (Lipinski definition) is 2. The Bertz CT molecular complexity index is 718. The number of carbonyl (C=O) groups is 2. The zero-order valence-electron chi connectivity index (χ0n) is 13.3. The minimum atomic E-state index is -2.90. The molecule has 2 aromatic carbocycles. The number of rotatable bonds is 7. The smallest absolute Gasteiger partial charge is 0.387 e. The second-order valence-corrected chi connectivity index (χ2v) is 4.95. The van der Waals surface area contributed by atoms with Gasteiger partial charge in [0.2, 0.25) is 5.91 Å². The van der Waals surface area contributed by atoms with Gasteiger partial charge in [0.25, 0.3) is 5.91 Å². The van der Waals surface area contributed by atoms with Crippen molar-refractivity contribution < 1.29 is 27.8 Å². The molecule has 0 saturated carbocycles. The van der Waals surface area contributed by atoms with Crippen LogP contribution < -0.4 is 20.1 Å². The number of nitrogens with one attached hydrogen (secondary N) is 2. The van der Waals surface area contributed by atoms with Crippen LogP contribution in [-0.2, 0) is 9.59 Å². The molecule has 0 aliphatic carbocycles. The molecule has 0 heterocycles. The second-order valence-electron chi connectivity index (χ2n) is 4.95. The van der Waals surface area contributed by atoms with Crippen LogP contribution >= 0.6 is 0 Å². The summed E-state index contributed by atoms with van der Waals surface area (Å²) in [5.74, 6) is -0.125. The fourth-order valence-electron chi connectivity index (χ4n) is 1.90. The van der Waals surface area contributed by atoms with E-state index in [2.05, 4.69) is 15.4 Å². The maximum atomic E-state index is 12.1. The van der Waals surface area contributed by atoms with Crippen LogP contribution in [0.3, 0.4) is 0 Å². The molecule has 0 bridgehead atoms. The molecule has 25 heavy (non-hydrogen) atoms. The molecular formula is C17H16F2N2O4. The first-order chi connectivity index (χ1) is 11.9. The monoisotopic (exact) mass is 350 g/mol. The molecule has 132 valence electrons. The van der Waals surface area contributed by atoms with Gasteiger partial charge >= 0.3 is 6.61 Å². The minimum absolute atomic E-state index is 0.00325. The van der Waals surface area contributed by atoms with Gasteiger partial charge in [0.1, 0.15) is 11.5 Å². The van der Waals surface area contributed by atoms with Gasteiger partial charge in [-0.2, -0.15) is 8.78 Å². The first-order valence-electron chi connectivity index (χ1n) is 7.27. The molecule has 0 aliphatic heterocycles. The Kier molecular flexibility index (Phi) is 6.27. The Balaban J connectivity index is 1.81. The Hall–Kier alpha value is -3.16. The first kappa shape index (κ1) is 18.2. The highest BCUT2D eigenvalue weighted by molar-refractivity contribution is 5.92. The molecule has 2 N–H and O–H groups in total. The summed E-state index contributed by atoms with van der Waals surface area (Å²) in [4.78, 5) is 22.7. The molecule has 8 heteroatoms. The van der Waals surface area contributed by atoms with E-state index in [0.29, 0.717) is 17.1 Å². The lowest BCUT2D eigenvalue weighted by Gasteiger charge is -2.09. The van der Waals surface area contributed by atoms with Gasteiger partial charge in [-0.25, -0.2) is 0 Å². The highest BCUT2D eigenvalue weighted by atomic mass is 19.3. The third kappa shape index (κ3) is 6.46. The molecule has 0 unspecified atom stereocenters. The van der Waals surface area contributed by atoms with E-state index in [9.17, 15) is 18.4 Å². The van der Waals surface area contributed by atoms with Gasteiger partial charge in [0.15, 0.2) is 6.61 Å². The first-order valence-corrected chi connectivity index (χ1v) is 7.27. The van der Waals surface area contributed by atoms with Crippen molar-refractivity contribution >= 4 is 23.2 Å². The standard InChI is InChI=1S/C17H16F2N2O4/c1-11(22)20-12-2-6-14(7-3-12)24-10-16(23)21-13-4-8-15(9-5-13)25-17(18)19/h2-9,17H,10H2,1H3,(H,20,22)(H,21,23). The van der Waals surface area contributed by atoms with E-state index < -0.39 is 12.5 Å². The summed E-state index contributed by atoms with van der Waals surface area (Å²) in [6.07, 6.45) is 0. The number of halogens is 2. The highest BCUT2D eigenvalue weighted by Crippen LogP contribution is 2.18. The molecule has 2 amide bonds. The van der Waals surface area contributed by atoms with E-state index in [-0.39, 0.29) is 18.3 Å². The van der Waals surface area contributed by atoms with E-state index >= 15 is 0 Å². The number of carbonyl (C=O) groups excluding carboxylic acids is 2. The van der Waals surface area contributed by atoms with Crippen LogP contribution in [0, 0.1) is 0 Å². The van der Waals surface area contributed by atoms with Gasteiger partial charge < -0.3 is 20.1 Å². The number of alkyl halides is 2. The lowest BCUT2D eigenvalue weighted by atomic mass is 10.3. The summed E-state index contributed by atoms with van der Waals surface area (Å²) in [7, 11) is 0. The van der Waals surface area contributed by atoms with Crippen molar-refractivity contribution in [2.24, 2.45) is 0 Å². The largest absolute Gasteiger partial charge is 0.484 e. The molecule has 0 saturated heterocycles. The lowest BCUT2D eigenvalue weighted by molar-refractivity contribution is -0.118. The lowest BCUT2D eigenvalue weighted by Crippen LogP contribution is -2.20. The number of amides is 2.